The fourth-order valence-electron chi connectivity index (χ4n) is 2.68. The molecule has 28 heavy (non-hydrogen) atoms. The molecule has 0 bridgehead atoms. The van der Waals surface area contributed by atoms with Crippen LogP contribution in [0.25, 0.3) is 0 Å². The molecule has 0 spiro atoms. The quantitative estimate of drug-likeness (QED) is 0.558. The van der Waals surface area contributed by atoms with Gasteiger partial charge in [0.1, 0.15) is 18.2 Å². The van der Waals surface area contributed by atoms with Crippen molar-refractivity contribution in [2.75, 3.05) is 6.61 Å². The van der Waals surface area contributed by atoms with Gasteiger partial charge in [0.05, 0.1) is 13.2 Å². The van der Waals surface area contributed by atoms with Crippen LogP contribution < -0.4 is 4.74 Å². The van der Waals surface area contributed by atoms with Gasteiger partial charge in [-0.3, -0.25) is 0 Å². The van der Waals surface area contributed by atoms with Crippen LogP contribution in [0.2, 0.25) is 0 Å². The zero-order valence-corrected chi connectivity index (χ0v) is 15.2. The van der Waals surface area contributed by atoms with E-state index in [1.165, 1.54) is 12.1 Å². The maximum atomic E-state index is 13.9. The summed E-state index contributed by atoms with van der Waals surface area (Å²) in [6.07, 6.45) is 1.29. The number of esters is 2. The minimum Gasteiger partial charge on any atom is -0.463 e. The molecule has 2 aromatic rings. The highest BCUT2D eigenvalue weighted by atomic mass is 19.1. The molecule has 0 fully saturated rings. The number of carbonyl (C=O) groups excluding carboxylic acids is 2. The average molecular weight is 386 g/mol. The van der Waals surface area contributed by atoms with E-state index in [9.17, 15) is 14.0 Å². The van der Waals surface area contributed by atoms with Gasteiger partial charge < -0.3 is 18.9 Å². The van der Waals surface area contributed by atoms with E-state index in [4.69, 9.17) is 14.2 Å². The predicted molar refractivity (Wildman–Crippen MR) is 96.6 cm³/mol. The molecule has 0 aromatic heterocycles. The van der Waals surface area contributed by atoms with Crippen molar-refractivity contribution in [2.24, 2.45) is 0 Å². The van der Waals surface area contributed by atoms with Crippen molar-refractivity contribution in [3.8, 4) is 5.75 Å². The molecular formula is C21H19FO6. The summed E-state index contributed by atoms with van der Waals surface area (Å²) in [5.41, 5.74) is 1.72. The SMILES string of the molecule is CCOC(=O)/C=C/C(=O)OCc1cc(F)cc2c1O[C@H](c1ccccc1)OC2. The Morgan fingerprint density at radius 2 is 1.86 bits per heavy atom. The van der Waals surface area contributed by atoms with E-state index in [1.54, 1.807) is 6.92 Å². The molecule has 1 heterocycles. The Kier molecular flexibility index (Phi) is 6.39. The minimum atomic E-state index is -0.752. The first-order valence-corrected chi connectivity index (χ1v) is 8.73. The van der Waals surface area contributed by atoms with E-state index in [-0.39, 0.29) is 19.8 Å². The van der Waals surface area contributed by atoms with Crippen LogP contribution in [0.5, 0.6) is 5.75 Å². The molecule has 1 aliphatic rings. The molecule has 1 aliphatic heterocycles. The van der Waals surface area contributed by atoms with Gasteiger partial charge in [-0.15, -0.1) is 0 Å². The molecule has 3 rings (SSSR count). The molecule has 146 valence electrons. The Labute approximate surface area is 161 Å². The van der Waals surface area contributed by atoms with E-state index in [1.807, 2.05) is 30.3 Å². The molecule has 7 heteroatoms. The van der Waals surface area contributed by atoms with Crippen molar-refractivity contribution in [1.29, 1.82) is 0 Å². The average Bonchev–Trinajstić information content (AvgIpc) is 2.71. The van der Waals surface area contributed by atoms with Crippen molar-refractivity contribution in [3.05, 3.63) is 77.1 Å². The van der Waals surface area contributed by atoms with Gasteiger partial charge in [0, 0.05) is 28.8 Å². The van der Waals surface area contributed by atoms with Gasteiger partial charge in [-0.05, 0) is 19.1 Å². The molecule has 0 unspecified atom stereocenters. The Hall–Kier alpha value is -3.19. The summed E-state index contributed by atoms with van der Waals surface area (Å²) in [6, 6.07) is 11.9. The third-order valence-corrected chi connectivity index (χ3v) is 3.91. The molecular weight excluding hydrogens is 367 g/mol. The Balaban J connectivity index is 1.71. The highest BCUT2D eigenvalue weighted by Crippen LogP contribution is 2.36. The summed E-state index contributed by atoms with van der Waals surface area (Å²) in [6.45, 7) is 1.81. The number of halogens is 1. The first-order chi connectivity index (χ1) is 13.6. The van der Waals surface area contributed by atoms with Gasteiger partial charge >= 0.3 is 11.9 Å². The lowest BCUT2D eigenvalue weighted by Crippen LogP contribution is -2.19. The molecule has 1 atom stereocenters. The van der Waals surface area contributed by atoms with Crippen LogP contribution in [0, 0.1) is 5.82 Å². The molecule has 0 saturated heterocycles. The highest BCUT2D eigenvalue weighted by molar-refractivity contribution is 5.91. The second kappa shape index (κ2) is 9.14. The molecule has 2 aromatic carbocycles. The third-order valence-electron chi connectivity index (χ3n) is 3.91. The minimum absolute atomic E-state index is 0.163. The van der Waals surface area contributed by atoms with Crippen LogP contribution in [0.1, 0.15) is 29.9 Å². The Morgan fingerprint density at radius 1 is 1.14 bits per heavy atom. The van der Waals surface area contributed by atoms with Crippen LogP contribution >= 0.6 is 0 Å². The summed E-state index contributed by atoms with van der Waals surface area (Å²) < 4.78 is 35.2. The zero-order valence-electron chi connectivity index (χ0n) is 15.2. The van der Waals surface area contributed by atoms with Crippen molar-refractivity contribution < 1.29 is 32.9 Å². The van der Waals surface area contributed by atoms with Crippen molar-refractivity contribution in [2.45, 2.75) is 26.4 Å². The molecule has 0 saturated carbocycles. The predicted octanol–water partition coefficient (Wildman–Crippen LogP) is 3.60. The fraction of sp³-hybridized carbons (Fsp3) is 0.238. The van der Waals surface area contributed by atoms with E-state index < -0.39 is 24.0 Å². The van der Waals surface area contributed by atoms with Gasteiger partial charge in [-0.2, -0.15) is 0 Å². The fourth-order valence-corrected chi connectivity index (χ4v) is 2.68. The highest BCUT2D eigenvalue weighted by Gasteiger charge is 2.25. The zero-order chi connectivity index (χ0) is 19.9. The standard InChI is InChI=1S/C21H19FO6/c1-2-25-18(23)8-9-19(24)26-12-15-10-17(22)11-16-13-27-21(28-20(15)16)14-6-4-3-5-7-14/h3-11,21H,2,12-13H2,1H3/b9-8+/t21-/m1/s1. The summed E-state index contributed by atoms with van der Waals surface area (Å²) in [7, 11) is 0. The largest absolute Gasteiger partial charge is 0.463 e. The van der Waals surface area contributed by atoms with Gasteiger partial charge in [0.15, 0.2) is 0 Å². The maximum Gasteiger partial charge on any atom is 0.331 e. The van der Waals surface area contributed by atoms with E-state index in [2.05, 4.69) is 4.74 Å². The van der Waals surface area contributed by atoms with Gasteiger partial charge in [-0.25, -0.2) is 14.0 Å². The number of ether oxygens (including phenoxy) is 4. The van der Waals surface area contributed by atoms with Crippen LogP contribution in [-0.2, 0) is 37.0 Å². The van der Waals surface area contributed by atoms with E-state index in [0.29, 0.717) is 16.9 Å². The number of carbonyl (C=O) groups is 2. The second-order valence-electron chi connectivity index (χ2n) is 5.92. The number of benzene rings is 2. The third kappa shape index (κ3) is 4.95. The number of hydrogen-bond acceptors (Lipinski definition) is 6. The van der Waals surface area contributed by atoms with Gasteiger partial charge in [-0.1, -0.05) is 30.3 Å². The summed E-state index contributed by atoms with van der Waals surface area (Å²) in [4.78, 5) is 23.0. The first kappa shape index (κ1) is 19.6. The topological polar surface area (TPSA) is 71.1 Å². The second-order valence-corrected chi connectivity index (χ2v) is 5.92. The molecule has 0 aliphatic carbocycles. The molecule has 0 radical (unpaired) electrons. The van der Waals surface area contributed by atoms with E-state index >= 15 is 0 Å². The van der Waals surface area contributed by atoms with E-state index in [0.717, 1.165) is 17.7 Å². The van der Waals surface area contributed by atoms with Crippen molar-refractivity contribution in [3.63, 3.8) is 0 Å². The molecule has 6 nitrogen and oxygen atoms in total. The van der Waals surface area contributed by atoms with Crippen LogP contribution in [0.3, 0.4) is 0 Å². The molecule has 0 N–H and O–H groups in total. The van der Waals surface area contributed by atoms with Crippen molar-refractivity contribution in [1.82, 2.24) is 0 Å². The summed E-state index contributed by atoms with van der Waals surface area (Å²) >= 11 is 0. The lowest BCUT2D eigenvalue weighted by atomic mass is 10.1. The Bertz CT molecular complexity index is 878. The van der Waals surface area contributed by atoms with Crippen LogP contribution in [0.15, 0.2) is 54.6 Å². The van der Waals surface area contributed by atoms with Gasteiger partial charge in [0.2, 0.25) is 6.29 Å². The number of fused-ring (bicyclic) bond motifs is 1. The normalized spacial score (nSPS) is 15.6. The summed E-state index contributed by atoms with van der Waals surface area (Å²) in [5, 5.41) is 0. The lowest BCUT2D eigenvalue weighted by Gasteiger charge is -2.28. The monoisotopic (exact) mass is 386 g/mol. The maximum absolute atomic E-state index is 13.9. The number of rotatable bonds is 6. The lowest BCUT2D eigenvalue weighted by molar-refractivity contribution is -0.141. The Morgan fingerprint density at radius 3 is 2.57 bits per heavy atom. The van der Waals surface area contributed by atoms with Crippen LogP contribution in [0.4, 0.5) is 4.39 Å². The smallest absolute Gasteiger partial charge is 0.331 e. The van der Waals surface area contributed by atoms with Gasteiger partial charge in [0.25, 0.3) is 0 Å². The van der Waals surface area contributed by atoms with Crippen LogP contribution in [-0.4, -0.2) is 18.5 Å². The molecule has 0 amide bonds. The van der Waals surface area contributed by atoms with Crippen molar-refractivity contribution >= 4 is 11.9 Å². The first-order valence-electron chi connectivity index (χ1n) is 8.73. The number of hydrogen-bond donors (Lipinski definition) is 0. The summed E-state index contributed by atoms with van der Waals surface area (Å²) in [5.74, 6) is -1.47.